The minimum atomic E-state index is 0.640. The molecule has 1 saturated heterocycles. The van der Waals surface area contributed by atoms with Gasteiger partial charge >= 0.3 is 0 Å². The van der Waals surface area contributed by atoms with Gasteiger partial charge < -0.3 is 14.8 Å². The van der Waals surface area contributed by atoms with Gasteiger partial charge in [0.25, 0.3) is 0 Å². The van der Waals surface area contributed by atoms with Crippen LogP contribution in [0.5, 0.6) is 5.75 Å². The van der Waals surface area contributed by atoms with E-state index in [1.54, 1.807) is 7.11 Å². The van der Waals surface area contributed by atoms with E-state index in [0.717, 1.165) is 73.8 Å². The summed E-state index contributed by atoms with van der Waals surface area (Å²) in [5, 5.41) is 5.13. The van der Waals surface area contributed by atoms with Crippen LogP contribution in [-0.4, -0.2) is 61.4 Å². The fourth-order valence-corrected chi connectivity index (χ4v) is 3.72. The first kappa shape index (κ1) is 21.6. The quantitative estimate of drug-likeness (QED) is 0.519. The molecule has 0 unspecified atom stereocenters. The number of anilines is 1. The van der Waals surface area contributed by atoms with Gasteiger partial charge in [0.2, 0.25) is 0 Å². The Balaban J connectivity index is 1.48. The third kappa shape index (κ3) is 5.94. The number of methoxy groups -OCH3 is 1. The van der Waals surface area contributed by atoms with E-state index in [1.807, 2.05) is 54.6 Å². The summed E-state index contributed by atoms with van der Waals surface area (Å²) in [6.45, 7) is 5.57. The normalized spacial score (nSPS) is 14.9. The van der Waals surface area contributed by atoms with Crippen LogP contribution in [0.2, 0.25) is 5.02 Å². The van der Waals surface area contributed by atoms with E-state index in [0.29, 0.717) is 10.8 Å². The molecule has 7 heteroatoms. The molecule has 0 radical (unpaired) electrons. The molecule has 0 saturated carbocycles. The van der Waals surface area contributed by atoms with E-state index in [4.69, 9.17) is 26.1 Å². The molecule has 2 heterocycles. The highest BCUT2D eigenvalue weighted by atomic mass is 35.5. The van der Waals surface area contributed by atoms with Crippen molar-refractivity contribution in [3.8, 4) is 5.75 Å². The van der Waals surface area contributed by atoms with Crippen LogP contribution in [0.15, 0.2) is 42.5 Å². The number of ether oxygens (including phenoxy) is 2. The number of hydrogen-bond donors (Lipinski definition) is 1. The molecule has 1 aliphatic heterocycles. The van der Waals surface area contributed by atoms with E-state index in [-0.39, 0.29) is 0 Å². The van der Waals surface area contributed by atoms with Crippen LogP contribution in [0.3, 0.4) is 0 Å². The predicted molar refractivity (Wildman–Crippen MR) is 127 cm³/mol. The van der Waals surface area contributed by atoms with Crippen molar-refractivity contribution in [1.29, 1.82) is 0 Å². The highest BCUT2D eigenvalue weighted by Crippen LogP contribution is 2.24. The number of benzene rings is 2. The highest BCUT2D eigenvalue weighted by Gasteiger charge is 2.10. The first-order chi connectivity index (χ1) is 15.2. The predicted octanol–water partition coefficient (Wildman–Crippen LogP) is 4.60. The number of fused-ring (bicyclic) bond motifs is 1. The van der Waals surface area contributed by atoms with Crippen molar-refractivity contribution in [3.05, 3.63) is 58.9 Å². The average molecular weight is 439 g/mol. The number of rotatable bonds is 8. The maximum absolute atomic E-state index is 6.21. The zero-order valence-corrected chi connectivity index (χ0v) is 18.4. The van der Waals surface area contributed by atoms with Crippen LogP contribution in [0.25, 0.3) is 23.1 Å². The summed E-state index contributed by atoms with van der Waals surface area (Å²) in [6.07, 6.45) is 4.95. The van der Waals surface area contributed by atoms with Crippen LogP contribution in [0.1, 0.15) is 17.8 Å². The second kappa shape index (κ2) is 10.6. The Hall–Kier alpha value is -2.67. The summed E-state index contributed by atoms with van der Waals surface area (Å²) in [5.74, 6) is 2.30. The highest BCUT2D eigenvalue weighted by molar-refractivity contribution is 6.31. The number of aromatic nitrogens is 2. The maximum Gasteiger partial charge on any atom is 0.154 e. The zero-order chi connectivity index (χ0) is 21.5. The molecule has 6 nitrogen and oxygen atoms in total. The van der Waals surface area contributed by atoms with Crippen LogP contribution in [-0.2, 0) is 4.74 Å². The van der Waals surface area contributed by atoms with E-state index < -0.39 is 0 Å². The second-order valence-corrected chi connectivity index (χ2v) is 7.87. The van der Waals surface area contributed by atoms with Crippen molar-refractivity contribution < 1.29 is 9.47 Å². The van der Waals surface area contributed by atoms with Crippen LogP contribution < -0.4 is 10.1 Å². The van der Waals surface area contributed by atoms with Crippen molar-refractivity contribution >= 4 is 40.5 Å². The van der Waals surface area contributed by atoms with E-state index in [9.17, 15) is 0 Å². The van der Waals surface area contributed by atoms with Crippen LogP contribution in [0, 0.1) is 0 Å². The molecule has 162 valence electrons. The average Bonchev–Trinajstić information content (AvgIpc) is 2.81. The number of nitrogens with one attached hydrogen (secondary N) is 1. The second-order valence-electron chi connectivity index (χ2n) is 7.43. The number of nitrogens with zero attached hydrogens (tertiary/aromatic N) is 3. The Morgan fingerprint density at radius 3 is 2.68 bits per heavy atom. The Labute approximate surface area is 187 Å². The summed E-state index contributed by atoms with van der Waals surface area (Å²) >= 11 is 6.21. The lowest BCUT2D eigenvalue weighted by Crippen LogP contribution is -2.37. The lowest BCUT2D eigenvalue weighted by atomic mass is 10.2. The molecule has 0 atom stereocenters. The molecule has 0 amide bonds. The fraction of sp³-hybridized carbons (Fsp3) is 0.333. The summed E-state index contributed by atoms with van der Waals surface area (Å²) < 4.78 is 10.6. The largest absolute Gasteiger partial charge is 0.497 e. The number of halogens is 1. The summed E-state index contributed by atoms with van der Waals surface area (Å²) in [7, 11) is 1.66. The molecule has 2 aromatic carbocycles. The van der Waals surface area contributed by atoms with Crippen LogP contribution in [0.4, 0.5) is 5.82 Å². The third-order valence-electron chi connectivity index (χ3n) is 5.26. The van der Waals surface area contributed by atoms with Gasteiger partial charge in [-0.3, -0.25) is 4.90 Å². The molecule has 31 heavy (non-hydrogen) atoms. The number of hydrogen-bond acceptors (Lipinski definition) is 6. The van der Waals surface area contributed by atoms with Crippen molar-refractivity contribution in [2.75, 3.05) is 51.8 Å². The molecular formula is C24H27ClN4O2. The molecule has 1 aliphatic rings. The lowest BCUT2D eigenvalue weighted by molar-refractivity contribution is 0.0378. The van der Waals surface area contributed by atoms with Gasteiger partial charge in [0.15, 0.2) is 5.82 Å². The maximum atomic E-state index is 6.21. The van der Waals surface area contributed by atoms with E-state index in [2.05, 4.69) is 15.2 Å². The van der Waals surface area contributed by atoms with Gasteiger partial charge in [-0.15, -0.1) is 0 Å². The monoisotopic (exact) mass is 438 g/mol. The van der Waals surface area contributed by atoms with E-state index >= 15 is 0 Å². The van der Waals surface area contributed by atoms with Crippen LogP contribution >= 0.6 is 11.6 Å². The molecule has 0 bridgehead atoms. The Morgan fingerprint density at radius 1 is 1.10 bits per heavy atom. The van der Waals surface area contributed by atoms with Gasteiger partial charge in [0, 0.05) is 30.0 Å². The smallest absolute Gasteiger partial charge is 0.154 e. The van der Waals surface area contributed by atoms with Crippen molar-refractivity contribution in [2.45, 2.75) is 6.42 Å². The van der Waals surface area contributed by atoms with Crippen molar-refractivity contribution in [3.63, 3.8) is 0 Å². The zero-order valence-electron chi connectivity index (χ0n) is 17.7. The fourth-order valence-electron chi connectivity index (χ4n) is 3.55. The van der Waals surface area contributed by atoms with Gasteiger partial charge in [0.1, 0.15) is 11.6 Å². The molecule has 4 rings (SSSR count). The van der Waals surface area contributed by atoms with Gasteiger partial charge in [-0.05, 0) is 54.9 Å². The van der Waals surface area contributed by atoms with Crippen molar-refractivity contribution in [1.82, 2.24) is 14.9 Å². The summed E-state index contributed by atoms with van der Waals surface area (Å²) in [5.41, 5.74) is 1.88. The molecule has 0 aliphatic carbocycles. The lowest BCUT2D eigenvalue weighted by Gasteiger charge is -2.26. The SMILES string of the molecule is COc1ccc(C=Cc2nc(NCCCN3CCOCC3)c3ccc(Cl)cc3n2)cc1. The van der Waals surface area contributed by atoms with Gasteiger partial charge in [-0.1, -0.05) is 29.8 Å². The Bertz CT molecular complexity index is 1030. The minimum Gasteiger partial charge on any atom is -0.497 e. The first-order valence-electron chi connectivity index (χ1n) is 10.5. The molecule has 0 spiro atoms. The molecule has 1 N–H and O–H groups in total. The first-order valence-corrected chi connectivity index (χ1v) is 10.9. The van der Waals surface area contributed by atoms with Gasteiger partial charge in [-0.25, -0.2) is 9.97 Å². The minimum absolute atomic E-state index is 0.640. The summed E-state index contributed by atoms with van der Waals surface area (Å²) in [4.78, 5) is 11.9. The molecule has 1 fully saturated rings. The molecule has 3 aromatic rings. The molecular weight excluding hydrogens is 412 g/mol. The number of morpholine rings is 1. The Kier molecular flexibility index (Phi) is 7.35. The van der Waals surface area contributed by atoms with Gasteiger partial charge in [0.05, 0.1) is 25.8 Å². The van der Waals surface area contributed by atoms with E-state index in [1.165, 1.54) is 0 Å². The molecule has 1 aromatic heterocycles. The van der Waals surface area contributed by atoms with Crippen molar-refractivity contribution in [2.24, 2.45) is 0 Å². The summed E-state index contributed by atoms with van der Waals surface area (Å²) in [6, 6.07) is 13.6. The topological polar surface area (TPSA) is 59.5 Å². The standard InChI is InChI=1S/C24H27ClN4O2/c1-30-20-7-3-18(4-8-20)5-10-23-27-22-17-19(25)6-9-21(22)24(28-23)26-11-2-12-29-13-15-31-16-14-29/h3-10,17H,2,11-16H2,1H3,(H,26,27,28). The third-order valence-corrected chi connectivity index (χ3v) is 5.50. The van der Waals surface area contributed by atoms with Gasteiger partial charge in [-0.2, -0.15) is 0 Å². The Morgan fingerprint density at radius 2 is 1.90 bits per heavy atom.